The molecule has 0 radical (unpaired) electrons. The quantitative estimate of drug-likeness (QED) is 0.798. The van der Waals surface area contributed by atoms with Crippen molar-refractivity contribution in [3.63, 3.8) is 0 Å². The molecule has 6 nitrogen and oxygen atoms in total. The maximum Gasteiger partial charge on any atom is 0.351 e. The number of fused-ring (bicyclic) bond motifs is 1. The molecule has 3 rings (SSSR count). The number of ether oxygens (including phenoxy) is 3. The molecule has 2 atom stereocenters. The Morgan fingerprint density at radius 2 is 1.92 bits per heavy atom. The Morgan fingerprint density at radius 3 is 2.69 bits per heavy atom. The summed E-state index contributed by atoms with van der Waals surface area (Å²) in [6, 6.07) is 11.6. The minimum Gasteiger partial charge on any atom is -0.485 e. The van der Waals surface area contributed by atoms with Crippen LogP contribution in [0.4, 0.5) is 5.69 Å². The fourth-order valence-corrected chi connectivity index (χ4v) is 2.60. The molecule has 0 bridgehead atoms. The number of carbonyl (C=O) groups is 2. The number of hydrogen-bond acceptors (Lipinski definition) is 5. The molecule has 0 saturated carbocycles. The summed E-state index contributed by atoms with van der Waals surface area (Å²) in [5.41, 5.74) is 0.332. The van der Waals surface area contributed by atoms with Gasteiger partial charge in [-0.3, -0.25) is 4.79 Å². The van der Waals surface area contributed by atoms with Crippen LogP contribution in [0, 0.1) is 0 Å². The molecule has 1 aliphatic rings. The number of para-hydroxylation sites is 2. The average molecular weight is 396 g/mol. The predicted molar refractivity (Wildman–Crippen MR) is 97.0 cm³/mol. The maximum absolute atomic E-state index is 12.2. The van der Waals surface area contributed by atoms with Gasteiger partial charge in [-0.1, -0.05) is 35.3 Å². The number of nitrogens with one attached hydrogen (secondary N) is 1. The fourth-order valence-electron chi connectivity index (χ4n) is 2.27. The summed E-state index contributed by atoms with van der Waals surface area (Å²) in [6.07, 6.45) is -2.01. The highest BCUT2D eigenvalue weighted by molar-refractivity contribution is 6.35. The van der Waals surface area contributed by atoms with E-state index in [-0.39, 0.29) is 6.61 Å². The first-order valence-electron chi connectivity index (χ1n) is 7.79. The highest BCUT2D eigenvalue weighted by Gasteiger charge is 2.31. The molecule has 8 heteroatoms. The molecule has 2 aromatic rings. The molecule has 0 aliphatic carbocycles. The number of halogens is 2. The van der Waals surface area contributed by atoms with Gasteiger partial charge in [-0.2, -0.15) is 0 Å². The molecule has 136 valence electrons. The number of esters is 1. The third-order valence-electron chi connectivity index (χ3n) is 3.62. The van der Waals surface area contributed by atoms with Crippen molar-refractivity contribution >= 4 is 40.8 Å². The summed E-state index contributed by atoms with van der Waals surface area (Å²) in [4.78, 5) is 24.5. The van der Waals surface area contributed by atoms with Gasteiger partial charge in [0, 0.05) is 5.02 Å². The summed E-state index contributed by atoms with van der Waals surface area (Å²) in [7, 11) is 0. The lowest BCUT2D eigenvalue weighted by Gasteiger charge is -2.25. The van der Waals surface area contributed by atoms with Gasteiger partial charge in [0.1, 0.15) is 6.61 Å². The van der Waals surface area contributed by atoms with Gasteiger partial charge in [0.2, 0.25) is 6.10 Å². The SMILES string of the molecule is C[C@H](OC(=O)[C@@H]1COc2ccccc2O1)C(=O)Nc1cc(Cl)ccc1Cl. The molecule has 1 N–H and O–H groups in total. The second-order valence-corrected chi connectivity index (χ2v) is 6.40. The largest absolute Gasteiger partial charge is 0.485 e. The summed E-state index contributed by atoms with van der Waals surface area (Å²) in [5, 5.41) is 3.31. The smallest absolute Gasteiger partial charge is 0.351 e. The van der Waals surface area contributed by atoms with Gasteiger partial charge >= 0.3 is 5.97 Å². The molecular weight excluding hydrogens is 381 g/mol. The molecule has 2 aromatic carbocycles. The number of rotatable bonds is 4. The van der Waals surface area contributed by atoms with Crippen molar-refractivity contribution < 1.29 is 23.8 Å². The Balaban J connectivity index is 1.59. The van der Waals surface area contributed by atoms with Crippen molar-refractivity contribution in [3.05, 3.63) is 52.5 Å². The molecule has 0 saturated heterocycles. The Morgan fingerprint density at radius 1 is 1.19 bits per heavy atom. The molecule has 0 aromatic heterocycles. The molecule has 1 heterocycles. The Hall–Kier alpha value is -2.44. The van der Waals surface area contributed by atoms with Crippen molar-refractivity contribution in [1.82, 2.24) is 0 Å². The van der Waals surface area contributed by atoms with Crippen LogP contribution in [0.3, 0.4) is 0 Å². The van der Waals surface area contributed by atoms with E-state index in [0.29, 0.717) is 27.2 Å². The minimum absolute atomic E-state index is 0.00427. The van der Waals surface area contributed by atoms with Crippen molar-refractivity contribution in [2.45, 2.75) is 19.1 Å². The van der Waals surface area contributed by atoms with E-state index in [1.165, 1.54) is 13.0 Å². The Bertz CT molecular complexity index is 842. The monoisotopic (exact) mass is 395 g/mol. The van der Waals surface area contributed by atoms with E-state index in [1.807, 2.05) is 0 Å². The lowest BCUT2D eigenvalue weighted by Crippen LogP contribution is -2.41. The Kier molecular flexibility index (Phi) is 5.54. The Labute approximate surface area is 159 Å². The minimum atomic E-state index is -1.06. The van der Waals surface area contributed by atoms with E-state index in [1.54, 1.807) is 36.4 Å². The van der Waals surface area contributed by atoms with Crippen LogP contribution in [0.1, 0.15) is 6.92 Å². The maximum atomic E-state index is 12.2. The number of anilines is 1. The summed E-state index contributed by atoms with van der Waals surface area (Å²) in [5.74, 6) is -0.236. The normalized spacial score (nSPS) is 16.5. The van der Waals surface area contributed by atoms with E-state index in [2.05, 4.69) is 5.32 Å². The zero-order chi connectivity index (χ0) is 18.7. The van der Waals surface area contributed by atoms with Gasteiger partial charge in [0.15, 0.2) is 17.6 Å². The molecule has 26 heavy (non-hydrogen) atoms. The van der Waals surface area contributed by atoms with Crippen LogP contribution in [0.15, 0.2) is 42.5 Å². The van der Waals surface area contributed by atoms with E-state index < -0.39 is 24.1 Å². The van der Waals surface area contributed by atoms with Crippen LogP contribution in [-0.4, -0.2) is 30.7 Å². The number of carbonyl (C=O) groups excluding carboxylic acids is 2. The first-order valence-corrected chi connectivity index (χ1v) is 8.54. The first kappa shape index (κ1) is 18.4. The van der Waals surface area contributed by atoms with Crippen LogP contribution in [0.5, 0.6) is 11.5 Å². The van der Waals surface area contributed by atoms with Crippen LogP contribution in [0.25, 0.3) is 0 Å². The molecule has 1 amide bonds. The standard InChI is InChI=1S/C18H15Cl2NO5/c1-10(17(22)21-13-8-11(19)6-7-12(13)20)25-18(23)16-9-24-14-4-2-3-5-15(14)26-16/h2-8,10,16H,9H2,1H3,(H,21,22)/t10-,16-/m0/s1. The second kappa shape index (κ2) is 7.85. The van der Waals surface area contributed by atoms with E-state index >= 15 is 0 Å². The summed E-state index contributed by atoms with van der Waals surface area (Å²) < 4.78 is 16.2. The lowest BCUT2D eigenvalue weighted by molar-refractivity contribution is -0.162. The van der Waals surface area contributed by atoms with E-state index in [0.717, 1.165) is 0 Å². The van der Waals surface area contributed by atoms with Crippen LogP contribution in [-0.2, 0) is 14.3 Å². The lowest BCUT2D eigenvalue weighted by atomic mass is 10.2. The van der Waals surface area contributed by atoms with Crippen molar-refractivity contribution in [1.29, 1.82) is 0 Å². The zero-order valence-electron chi connectivity index (χ0n) is 13.7. The highest BCUT2D eigenvalue weighted by Crippen LogP contribution is 2.31. The van der Waals surface area contributed by atoms with Gasteiger partial charge < -0.3 is 19.5 Å². The van der Waals surface area contributed by atoms with Gasteiger partial charge in [-0.15, -0.1) is 0 Å². The van der Waals surface area contributed by atoms with Gasteiger partial charge in [0.05, 0.1) is 10.7 Å². The molecule has 0 spiro atoms. The summed E-state index contributed by atoms with van der Waals surface area (Å²) >= 11 is 11.9. The summed E-state index contributed by atoms with van der Waals surface area (Å²) in [6.45, 7) is 1.45. The van der Waals surface area contributed by atoms with Gasteiger partial charge in [0.25, 0.3) is 5.91 Å². The van der Waals surface area contributed by atoms with Crippen molar-refractivity contribution in [2.24, 2.45) is 0 Å². The highest BCUT2D eigenvalue weighted by atomic mass is 35.5. The van der Waals surface area contributed by atoms with Crippen LogP contribution < -0.4 is 14.8 Å². The number of amides is 1. The van der Waals surface area contributed by atoms with Crippen LogP contribution >= 0.6 is 23.2 Å². The average Bonchev–Trinajstić information content (AvgIpc) is 2.64. The number of benzene rings is 2. The van der Waals surface area contributed by atoms with E-state index in [9.17, 15) is 9.59 Å². The van der Waals surface area contributed by atoms with Crippen molar-refractivity contribution in [3.8, 4) is 11.5 Å². The van der Waals surface area contributed by atoms with Crippen molar-refractivity contribution in [2.75, 3.05) is 11.9 Å². The molecule has 1 aliphatic heterocycles. The first-order chi connectivity index (χ1) is 12.4. The predicted octanol–water partition coefficient (Wildman–Crippen LogP) is 3.70. The molecule has 0 unspecified atom stereocenters. The van der Waals surface area contributed by atoms with Gasteiger partial charge in [-0.25, -0.2) is 4.79 Å². The van der Waals surface area contributed by atoms with E-state index in [4.69, 9.17) is 37.4 Å². The topological polar surface area (TPSA) is 73.9 Å². The fraction of sp³-hybridized carbons (Fsp3) is 0.222. The third kappa shape index (κ3) is 4.20. The van der Waals surface area contributed by atoms with Gasteiger partial charge in [-0.05, 0) is 37.3 Å². The molecular formula is C18H15Cl2NO5. The number of hydrogen-bond donors (Lipinski definition) is 1. The van der Waals surface area contributed by atoms with Crippen LogP contribution in [0.2, 0.25) is 10.0 Å². The molecule has 0 fully saturated rings. The second-order valence-electron chi connectivity index (χ2n) is 5.56. The zero-order valence-corrected chi connectivity index (χ0v) is 15.2. The third-order valence-corrected chi connectivity index (χ3v) is 4.18.